The highest BCUT2D eigenvalue weighted by Gasteiger charge is 2.43. The zero-order chi connectivity index (χ0) is 20.8. The van der Waals surface area contributed by atoms with Gasteiger partial charge in [0.1, 0.15) is 17.7 Å². The van der Waals surface area contributed by atoms with Crippen LogP contribution in [0.15, 0.2) is 54.7 Å². The first-order chi connectivity index (χ1) is 15.2. The molecule has 6 rings (SSSR count). The second-order valence-corrected chi connectivity index (χ2v) is 9.34. The quantitative estimate of drug-likeness (QED) is 0.578. The number of aromatic nitrogens is 1. The molecular weight excluding hydrogens is 382 g/mol. The number of likely N-dealkylation sites (N-methyl/N-ethyl adjacent to an activating group) is 1. The number of pyridine rings is 1. The van der Waals surface area contributed by atoms with Gasteiger partial charge in [0.2, 0.25) is 0 Å². The van der Waals surface area contributed by atoms with Gasteiger partial charge in [-0.2, -0.15) is 0 Å². The summed E-state index contributed by atoms with van der Waals surface area (Å²) in [5, 5.41) is 5.89. The molecule has 4 heteroatoms. The van der Waals surface area contributed by atoms with E-state index in [0.29, 0.717) is 12.0 Å². The second-order valence-electron chi connectivity index (χ2n) is 9.34. The number of ether oxygens (including phenoxy) is 1. The van der Waals surface area contributed by atoms with Crippen LogP contribution < -0.4 is 5.32 Å². The van der Waals surface area contributed by atoms with E-state index in [1.54, 1.807) is 0 Å². The SMILES string of the molecule is CN1CCc2cc(CCCNc3cc4cc(C5=CC6CC6O5)ccc4cn3)ccc2C1. The molecule has 0 spiro atoms. The molecule has 0 saturated heterocycles. The number of hydrogen-bond donors (Lipinski definition) is 1. The molecule has 0 amide bonds. The molecule has 2 aromatic carbocycles. The fourth-order valence-corrected chi connectivity index (χ4v) is 4.86. The zero-order valence-corrected chi connectivity index (χ0v) is 18.1. The fourth-order valence-electron chi connectivity index (χ4n) is 4.86. The molecule has 0 radical (unpaired) electrons. The Balaban J connectivity index is 1.08. The van der Waals surface area contributed by atoms with Crippen LogP contribution in [-0.4, -0.2) is 36.1 Å². The lowest BCUT2D eigenvalue weighted by Crippen LogP contribution is -2.26. The maximum Gasteiger partial charge on any atom is 0.126 e. The smallest absolute Gasteiger partial charge is 0.126 e. The molecule has 1 saturated carbocycles. The van der Waals surface area contributed by atoms with Crippen LogP contribution in [0.4, 0.5) is 5.82 Å². The van der Waals surface area contributed by atoms with Crippen molar-refractivity contribution in [2.45, 2.75) is 38.3 Å². The van der Waals surface area contributed by atoms with E-state index in [1.807, 2.05) is 6.20 Å². The second kappa shape index (κ2) is 7.69. The maximum atomic E-state index is 5.99. The predicted molar refractivity (Wildman–Crippen MR) is 126 cm³/mol. The number of nitrogens with one attached hydrogen (secondary N) is 1. The molecule has 2 atom stereocenters. The van der Waals surface area contributed by atoms with Crippen LogP contribution >= 0.6 is 0 Å². The zero-order valence-electron chi connectivity index (χ0n) is 18.1. The molecular formula is C27H29N3O. The number of nitrogens with zero attached hydrogens (tertiary/aromatic N) is 2. The minimum absolute atomic E-state index is 0.441. The standard InChI is InChI=1S/C27H29N3O/c1-30-10-8-19-11-18(4-5-22(19)17-30)3-2-9-28-27-15-23-12-20(6-7-21(23)16-29-27)25-13-24-14-26(24)31-25/h4-7,11-13,15-16,24,26H,2-3,8-10,14,17H2,1H3,(H,28,29). The maximum absolute atomic E-state index is 5.99. The van der Waals surface area contributed by atoms with Gasteiger partial charge >= 0.3 is 0 Å². The van der Waals surface area contributed by atoms with Crippen molar-refractivity contribution >= 4 is 22.3 Å². The van der Waals surface area contributed by atoms with Gasteiger partial charge in [-0.25, -0.2) is 4.98 Å². The molecule has 1 aliphatic carbocycles. The first-order valence-electron chi connectivity index (χ1n) is 11.5. The summed E-state index contributed by atoms with van der Waals surface area (Å²) < 4.78 is 5.99. The van der Waals surface area contributed by atoms with Gasteiger partial charge in [0.05, 0.1) is 0 Å². The highest BCUT2D eigenvalue weighted by molar-refractivity contribution is 5.87. The number of hydrogen-bond acceptors (Lipinski definition) is 4. The molecule has 3 heterocycles. The van der Waals surface area contributed by atoms with E-state index in [-0.39, 0.29) is 0 Å². The molecule has 2 unspecified atom stereocenters. The Morgan fingerprint density at radius 3 is 2.97 bits per heavy atom. The summed E-state index contributed by atoms with van der Waals surface area (Å²) >= 11 is 0. The van der Waals surface area contributed by atoms with Gasteiger partial charge in [0.15, 0.2) is 0 Å². The van der Waals surface area contributed by atoms with Crippen LogP contribution in [0.25, 0.3) is 16.5 Å². The van der Waals surface area contributed by atoms with E-state index in [1.165, 1.54) is 40.5 Å². The van der Waals surface area contributed by atoms with Gasteiger partial charge in [-0.3, -0.25) is 0 Å². The Bertz CT molecular complexity index is 1170. The van der Waals surface area contributed by atoms with Crippen molar-refractivity contribution in [3.05, 3.63) is 77.0 Å². The third-order valence-electron chi connectivity index (χ3n) is 6.85. The summed E-state index contributed by atoms with van der Waals surface area (Å²) in [6, 6.07) is 15.7. The number of aryl methyl sites for hydroxylation is 1. The van der Waals surface area contributed by atoms with Crippen LogP contribution in [-0.2, 0) is 24.1 Å². The van der Waals surface area contributed by atoms with Crippen molar-refractivity contribution in [3.8, 4) is 0 Å². The third kappa shape index (κ3) is 3.92. The highest BCUT2D eigenvalue weighted by atomic mass is 16.5. The monoisotopic (exact) mass is 411 g/mol. The van der Waals surface area contributed by atoms with Crippen molar-refractivity contribution in [1.29, 1.82) is 0 Å². The fraction of sp³-hybridized carbons (Fsp3) is 0.370. The lowest BCUT2D eigenvalue weighted by Gasteiger charge is -2.25. The van der Waals surface area contributed by atoms with Crippen LogP contribution in [0.5, 0.6) is 0 Å². The van der Waals surface area contributed by atoms with Gasteiger partial charge in [0, 0.05) is 42.7 Å². The summed E-state index contributed by atoms with van der Waals surface area (Å²) in [6.45, 7) is 3.17. The summed E-state index contributed by atoms with van der Waals surface area (Å²) in [7, 11) is 2.20. The minimum Gasteiger partial charge on any atom is -0.489 e. The van der Waals surface area contributed by atoms with Crippen LogP contribution in [0, 0.1) is 5.92 Å². The number of rotatable bonds is 6. The summed E-state index contributed by atoms with van der Waals surface area (Å²) in [5.74, 6) is 2.64. The van der Waals surface area contributed by atoms with E-state index in [9.17, 15) is 0 Å². The number of anilines is 1. The average molecular weight is 412 g/mol. The predicted octanol–water partition coefficient (Wildman–Crippen LogP) is 5.03. The molecule has 1 aromatic heterocycles. The number of fused-ring (bicyclic) bond motifs is 3. The van der Waals surface area contributed by atoms with E-state index in [0.717, 1.165) is 49.4 Å². The third-order valence-corrected chi connectivity index (χ3v) is 6.85. The summed E-state index contributed by atoms with van der Waals surface area (Å²) in [6.07, 6.45) is 9.25. The average Bonchev–Trinajstić information content (AvgIpc) is 3.41. The minimum atomic E-state index is 0.441. The molecule has 3 aliphatic rings. The molecule has 1 fully saturated rings. The van der Waals surface area contributed by atoms with Gasteiger partial charge in [-0.15, -0.1) is 0 Å². The Labute approximate surface area is 183 Å². The van der Waals surface area contributed by atoms with Crippen molar-refractivity contribution in [2.24, 2.45) is 5.92 Å². The van der Waals surface area contributed by atoms with Crippen LogP contribution in [0.2, 0.25) is 0 Å². The first kappa shape index (κ1) is 18.9. The molecule has 158 valence electrons. The lowest BCUT2D eigenvalue weighted by atomic mass is 9.96. The van der Waals surface area contributed by atoms with Crippen molar-refractivity contribution in [3.63, 3.8) is 0 Å². The first-order valence-corrected chi connectivity index (χ1v) is 11.5. The van der Waals surface area contributed by atoms with Crippen LogP contribution in [0.3, 0.4) is 0 Å². The van der Waals surface area contributed by atoms with Gasteiger partial charge in [-0.05, 0) is 73.0 Å². The Hall–Kier alpha value is -2.85. The molecule has 31 heavy (non-hydrogen) atoms. The van der Waals surface area contributed by atoms with Crippen LogP contribution in [0.1, 0.15) is 35.1 Å². The van der Waals surface area contributed by atoms with Gasteiger partial charge in [0.25, 0.3) is 0 Å². The molecule has 1 N–H and O–H groups in total. The largest absolute Gasteiger partial charge is 0.489 e. The summed E-state index contributed by atoms with van der Waals surface area (Å²) in [4.78, 5) is 7.00. The molecule has 2 aliphatic heterocycles. The number of benzene rings is 2. The Morgan fingerprint density at radius 2 is 2.06 bits per heavy atom. The highest BCUT2D eigenvalue weighted by Crippen LogP contribution is 2.46. The normalized spacial score (nSPS) is 21.9. The Morgan fingerprint density at radius 1 is 1.10 bits per heavy atom. The molecule has 4 nitrogen and oxygen atoms in total. The summed E-state index contributed by atoms with van der Waals surface area (Å²) in [5.41, 5.74) is 5.65. The van der Waals surface area contributed by atoms with Gasteiger partial charge in [-0.1, -0.05) is 30.3 Å². The topological polar surface area (TPSA) is 37.4 Å². The Kier molecular flexibility index (Phi) is 4.68. The molecule has 0 bridgehead atoms. The van der Waals surface area contributed by atoms with Gasteiger partial charge < -0.3 is 15.0 Å². The van der Waals surface area contributed by atoms with E-state index >= 15 is 0 Å². The van der Waals surface area contributed by atoms with E-state index in [2.05, 4.69) is 70.8 Å². The van der Waals surface area contributed by atoms with E-state index in [4.69, 9.17) is 4.74 Å². The van der Waals surface area contributed by atoms with E-state index < -0.39 is 0 Å². The molecule has 3 aromatic rings. The van der Waals surface area contributed by atoms with Crippen molar-refractivity contribution < 1.29 is 4.74 Å². The van der Waals surface area contributed by atoms with Crippen molar-refractivity contribution in [1.82, 2.24) is 9.88 Å². The van der Waals surface area contributed by atoms with Crippen molar-refractivity contribution in [2.75, 3.05) is 25.5 Å². The lowest BCUT2D eigenvalue weighted by molar-refractivity contribution is 0.269.